The van der Waals surface area contributed by atoms with Crippen molar-refractivity contribution in [2.45, 2.75) is 27.3 Å². The molecule has 0 bridgehead atoms. The number of nitrogen functional groups attached to an aromatic ring is 1. The molecule has 0 radical (unpaired) electrons. The Hall–Kier alpha value is -3.54. The molecule has 0 aromatic carbocycles. The predicted octanol–water partition coefficient (Wildman–Crippen LogP) is 0.740. The Morgan fingerprint density at radius 2 is 2.14 bits per heavy atom. The number of nitrogens with two attached hydrogens (primary N) is 1. The minimum absolute atomic E-state index is 0.0112. The van der Waals surface area contributed by atoms with Gasteiger partial charge in [-0.15, -0.1) is 5.10 Å². The van der Waals surface area contributed by atoms with E-state index in [1.807, 2.05) is 20.8 Å². The number of hydrogen-bond acceptors (Lipinski definition) is 10. The SMILES string of the molecule is CCN(CC)Cc1nnn(-c2nonc2N)c1C(=O)NN=Cc1ccc(C)o1. The minimum Gasteiger partial charge on any atom is -0.460 e. The summed E-state index contributed by atoms with van der Waals surface area (Å²) in [4.78, 5) is 14.9. The van der Waals surface area contributed by atoms with Gasteiger partial charge in [-0.05, 0) is 42.5 Å². The van der Waals surface area contributed by atoms with Crippen LogP contribution in [0.1, 0.15) is 41.6 Å². The number of furan rings is 1. The maximum absolute atomic E-state index is 12.8. The summed E-state index contributed by atoms with van der Waals surface area (Å²) < 4.78 is 11.2. The lowest BCUT2D eigenvalue weighted by Gasteiger charge is -2.16. The highest BCUT2D eigenvalue weighted by Crippen LogP contribution is 2.17. The average molecular weight is 387 g/mol. The van der Waals surface area contributed by atoms with Crippen molar-refractivity contribution < 1.29 is 13.8 Å². The summed E-state index contributed by atoms with van der Waals surface area (Å²) in [5, 5.41) is 19.3. The third kappa shape index (κ3) is 4.06. The second-order valence-electron chi connectivity index (χ2n) is 5.88. The summed E-state index contributed by atoms with van der Waals surface area (Å²) in [5.41, 5.74) is 8.78. The highest BCUT2D eigenvalue weighted by molar-refractivity contribution is 5.94. The standard InChI is InChI=1S/C16H21N9O3/c1-4-24(5-2)9-12-13(25(23-19-12)15-14(17)21-28-22-15)16(26)20-18-8-11-7-6-10(3)27-11/h6-8H,4-5,9H2,1-3H3,(H2,17,21)(H,20,26). The summed E-state index contributed by atoms with van der Waals surface area (Å²) in [6.45, 7) is 7.84. The zero-order valence-electron chi connectivity index (χ0n) is 15.8. The van der Waals surface area contributed by atoms with Crippen LogP contribution >= 0.6 is 0 Å². The molecule has 0 aliphatic heterocycles. The topological polar surface area (TPSA) is 153 Å². The molecule has 3 rings (SSSR count). The van der Waals surface area contributed by atoms with Gasteiger partial charge in [-0.2, -0.15) is 9.78 Å². The molecule has 3 N–H and O–H groups in total. The number of rotatable bonds is 8. The number of nitrogens with zero attached hydrogens (tertiary/aromatic N) is 7. The molecule has 0 aliphatic rings. The van der Waals surface area contributed by atoms with Gasteiger partial charge in [-0.3, -0.25) is 9.69 Å². The Kier molecular flexibility index (Phi) is 5.79. The number of anilines is 1. The van der Waals surface area contributed by atoms with E-state index in [0.717, 1.165) is 18.8 Å². The maximum atomic E-state index is 12.8. The van der Waals surface area contributed by atoms with Gasteiger partial charge >= 0.3 is 0 Å². The van der Waals surface area contributed by atoms with E-state index in [-0.39, 0.29) is 17.3 Å². The van der Waals surface area contributed by atoms with Crippen molar-refractivity contribution in [1.29, 1.82) is 0 Å². The van der Waals surface area contributed by atoms with E-state index in [4.69, 9.17) is 10.2 Å². The Morgan fingerprint density at radius 3 is 2.75 bits per heavy atom. The smallest absolute Gasteiger partial charge is 0.292 e. The van der Waals surface area contributed by atoms with Crippen molar-refractivity contribution in [2.24, 2.45) is 5.10 Å². The third-order valence-electron chi connectivity index (χ3n) is 4.04. The zero-order valence-corrected chi connectivity index (χ0v) is 15.8. The number of aromatic nitrogens is 5. The Balaban J connectivity index is 1.89. The fourth-order valence-corrected chi connectivity index (χ4v) is 2.52. The quantitative estimate of drug-likeness (QED) is 0.420. The van der Waals surface area contributed by atoms with Crippen LogP contribution in [0.4, 0.5) is 5.82 Å². The van der Waals surface area contributed by atoms with E-state index in [1.54, 1.807) is 12.1 Å². The highest BCUT2D eigenvalue weighted by Gasteiger charge is 2.25. The van der Waals surface area contributed by atoms with Crippen LogP contribution in [-0.2, 0) is 6.54 Å². The molecular formula is C16H21N9O3. The van der Waals surface area contributed by atoms with Gasteiger partial charge in [0.1, 0.15) is 17.2 Å². The molecule has 12 nitrogen and oxygen atoms in total. The van der Waals surface area contributed by atoms with Crippen LogP contribution in [0.5, 0.6) is 0 Å². The molecule has 28 heavy (non-hydrogen) atoms. The van der Waals surface area contributed by atoms with Crippen LogP contribution in [0, 0.1) is 6.92 Å². The van der Waals surface area contributed by atoms with Crippen LogP contribution in [0.25, 0.3) is 5.82 Å². The van der Waals surface area contributed by atoms with Crippen molar-refractivity contribution in [1.82, 2.24) is 35.6 Å². The van der Waals surface area contributed by atoms with Gasteiger partial charge in [-0.25, -0.2) is 10.1 Å². The highest BCUT2D eigenvalue weighted by atomic mass is 16.6. The molecule has 0 aliphatic carbocycles. The second-order valence-corrected chi connectivity index (χ2v) is 5.88. The van der Waals surface area contributed by atoms with Crippen molar-refractivity contribution >= 4 is 17.9 Å². The predicted molar refractivity (Wildman–Crippen MR) is 98.8 cm³/mol. The molecule has 0 fully saturated rings. The van der Waals surface area contributed by atoms with Crippen LogP contribution in [0.3, 0.4) is 0 Å². The average Bonchev–Trinajstić information content (AvgIpc) is 3.39. The number of carbonyl (C=O) groups is 1. The first kappa shape index (κ1) is 19.2. The molecule has 0 unspecified atom stereocenters. The van der Waals surface area contributed by atoms with Gasteiger partial charge in [0.15, 0.2) is 5.69 Å². The van der Waals surface area contributed by atoms with Crippen LogP contribution in [-0.4, -0.2) is 55.4 Å². The Labute approximate surface area is 160 Å². The lowest BCUT2D eigenvalue weighted by Crippen LogP contribution is -2.27. The van der Waals surface area contributed by atoms with Gasteiger partial charge in [-0.1, -0.05) is 19.1 Å². The number of carbonyl (C=O) groups excluding carboxylic acids is 1. The zero-order chi connectivity index (χ0) is 20.1. The number of hydrazone groups is 1. The molecule has 0 saturated carbocycles. The number of amides is 1. The van der Waals surface area contributed by atoms with E-state index >= 15 is 0 Å². The summed E-state index contributed by atoms with van der Waals surface area (Å²) in [6.07, 6.45) is 1.40. The van der Waals surface area contributed by atoms with Crippen molar-refractivity contribution in [2.75, 3.05) is 18.8 Å². The summed E-state index contributed by atoms with van der Waals surface area (Å²) >= 11 is 0. The van der Waals surface area contributed by atoms with Gasteiger partial charge in [0.2, 0.25) is 11.6 Å². The largest absolute Gasteiger partial charge is 0.460 e. The minimum atomic E-state index is -0.533. The van der Waals surface area contributed by atoms with E-state index < -0.39 is 5.91 Å². The van der Waals surface area contributed by atoms with E-state index in [2.05, 4.69) is 40.7 Å². The maximum Gasteiger partial charge on any atom is 0.292 e. The number of nitrogens with one attached hydrogen (secondary N) is 1. The molecule has 1 amide bonds. The Bertz CT molecular complexity index is 968. The molecule has 148 valence electrons. The molecule has 3 heterocycles. The normalized spacial score (nSPS) is 11.6. The second kappa shape index (κ2) is 8.43. The first-order valence-electron chi connectivity index (χ1n) is 8.68. The van der Waals surface area contributed by atoms with Gasteiger partial charge in [0.25, 0.3) is 5.91 Å². The van der Waals surface area contributed by atoms with Crippen molar-refractivity contribution in [3.8, 4) is 5.82 Å². The molecule has 0 atom stereocenters. The van der Waals surface area contributed by atoms with E-state index in [1.165, 1.54) is 10.9 Å². The van der Waals surface area contributed by atoms with Gasteiger partial charge < -0.3 is 10.2 Å². The van der Waals surface area contributed by atoms with Crippen LogP contribution in [0.15, 0.2) is 26.3 Å². The van der Waals surface area contributed by atoms with Gasteiger partial charge in [0.05, 0.1) is 6.21 Å². The van der Waals surface area contributed by atoms with E-state index in [9.17, 15) is 4.79 Å². The lowest BCUT2D eigenvalue weighted by atomic mass is 10.2. The molecule has 3 aromatic rings. The Morgan fingerprint density at radius 1 is 1.36 bits per heavy atom. The van der Waals surface area contributed by atoms with Crippen molar-refractivity contribution in [3.63, 3.8) is 0 Å². The molecule has 12 heteroatoms. The van der Waals surface area contributed by atoms with Crippen LogP contribution in [0.2, 0.25) is 0 Å². The molecule has 3 aromatic heterocycles. The van der Waals surface area contributed by atoms with E-state index in [0.29, 0.717) is 18.0 Å². The first-order valence-corrected chi connectivity index (χ1v) is 8.68. The van der Waals surface area contributed by atoms with Gasteiger partial charge in [0, 0.05) is 6.54 Å². The summed E-state index contributed by atoms with van der Waals surface area (Å²) in [5.74, 6) is 0.786. The van der Waals surface area contributed by atoms with Crippen LogP contribution < -0.4 is 11.2 Å². The number of hydrogen-bond donors (Lipinski definition) is 2. The fraction of sp³-hybridized carbons (Fsp3) is 0.375. The fourth-order valence-electron chi connectivity index (χ4n) is 2.52. The molecule has 0 spiro atoms. The molecule has 0 saturated heterocycles. The first-order chi connectivity index (χ1) is 13.5. The lowest BCUT2D eigenvalue weighted by molar-refractivity contribution is 0.0945. The van der Waals surface area contributed by atoms with Crippen molar-refractivity contribution in [3.05, 3.63) is 35.0 Å². The molecular weight excluding hydrogens is 366 g/mol. The third-order valence-corrected chi connectivity index (χ3v) is 4.04. The number of aryl methyl sites for hydroxylation is 1. The summed E-state index contributed by atoms with van der Waals surface area (Å²) in [7, 11) is 0. The summed E-state index contributed by atoms with van der Waals surface area (Å²) in [6, 6.07) is 3.54. The monoisotopic (exact) mass is 387 g/mol.